The maximum absolute atomic E-state index is 12.0. The maximum atomic E-state index is 12.0. The summed E-state index contributed by atoms with van der Waals surface area (Å²) < 4.78 is 1.10. The number of hydrogen-bond acceptors (Lipinski definition) is 1. The molecular weight excluding hydrogens is 452 g/mol. The van der Waals surface area contributed by atoms with Gasteiger partial charge in [-0.3, -0.25) is 4.79 Å². The first-order valence-electron chi connectivity index (χ1n) is 10.5. The smallest absolute Gasteiger partial charge is 0.155 e. The molecular formula is C23H32Br2O. The Morgan fingerprint density at radius 3 is 2.62 bits per heavy atom. The Labute approximate surface area is 175 Å². The molecule has 0 saturated heterocycles. The van der Waals surface area contributed by atoms with Crippen molar-refractivity contribution in [3.63, 3.8) is 0 Å². The molecule has 26 heavy (non-hydrogen) atoms. The number of allylic oxidation sites excluding steroid dienone is 2. The molecule has 0 radical (unpaired) electrons. The van der Waals surface area contributed by atoms with E-state index in [1.54, 1.807) is 0 Å². The van der Waals surface area contributed by atoms with Crippen molar-refractivity contribution in [1.29, 1.82) is 0 Å². The lowest BCUT2D eigenvalue weighted by atomic mass is 9.46. The van der Waals surface area contributed by atoms with E-state index in [9.17, 15) is 4.79 Å². The van der Waals surface area contributed by atoms with Crippen LogP contribution in [0.1, 0.15) is 72.1 Å². The van der Waals surface area contributed by atoms with E-state index in [1.165, 1.54) is 44.1 Å². The molecule has 0 aromatic heterocycles. The third-order valence-electron chi connectivity index (χ3n) is 9.06. The summed E-state index contributed by atoms with van der Waals surface area (Å²) in [6.45, 7) is 7.50. The van der Waals surface area contributed by atoms with E-state index in [2.05, 4.69) is 58.7 Å². The van der Waals surface area contributed by atoms with Crippen LogP contribution in [0.5, 0.6) is 0 Å². The molecule has 144 valence electrons. The van der Waals surface area contributed by atoms with Gasteiger partial charge in [-0.2, -0.15) is 0 Å². The predicted octanol–water partition coefficient (Wildman–Crippen LogP) is 7.40. The molecule has 0 aromatic rings. The minimum absolute atomic E-state index is 0.306. The monoisotopic (exact) mass is 482 g/mol. The zero-order valence-electron chi connectivity index (χ0n) is 16.4. The Kier molecular flexibility index (Phi) is 5.13. The fourth-order valence-corrected chi connectivity index (χ4v) is 8.61. The summed E-state index contributed by atoms with van der Waals surface area (Å²) in [7, 11) is 0. The first kappa shape index (κ1) is 19.4. The largest absolute Gasteiger partial charge is 0.295 e. The van der Waals surface area contributed by atoms with Crippen LogP contribution in [-0.4, -0.2) is 5.78 Å². The highest BCUT2D eigenvalue weighted by atomic mass is 79.9. The van der Waals surface area contributed by atoms with E-state index in [0.29, 0.717) is 22.5 Å². The van der Waals surface area contributed by atoms with Crippen molar-refractivity contribution < 1.29 is 4.79 Å². The minimum Gasteiger partial charge on any atom is -0.295 e. The molecule has 0 amide bonds. The molecule has 7 atom stereocenters. The van der Waals surface area contributed by atoms with Crippen LogP contribution in [0.3, 0.4) is 0 Å². The molecule has 0 N–H and O–H groups in total. The molecule has 4 aliphatic rings. The van der Waals surface area contributed by atoms with E-state index < -0.39 is 0 Å². The quantitative estimate of drug-likeness (QED) is 0.399. The second kappa shape index (κ2) is 6.87. The van der Waals surface area contributed by atoms with Crippen LogP contribution in [0, 0.1) is 40.4 Å². The summed E-state index contributed by atoms with van der Waals surface area (Å²) in [4.78, 5) is 12.0. The molecule has 0 bridgehead atoms. The second-order valence-electron chi connectivity index (χ2n) is 10.0. The fraction of sp³-hybridized carbons (Fsp3) is 0.783. The highest BCUT2D eigenvalue weighted by Gasteiger charge is 2.59. The standard InChI is InChI=1S/C23H32Br2O/c1-14(12-21(24)25)18-6-7-19-17-5-4-15-13-16(26)8-10-22(15,2)20(17)9-11-23(18,19)3/h12-14,17-20H,4-11H2,1-3H3/t14-,17+,18-,19+,20+,22+,23-/m1/s1. The summed E-state index contributed by atoms with van der Waals surface area (Å²) in [6.07, 6.45) is 14.3. The first-order valence-corrected chi connectivity index (χ1v) is 12.1. The Balaban J connectivity index is 1.61. The zero-order valence-corrected chi connectivity index (χ0v) is 19.5. The number of carbonyl (C=O) groups excluding carboxylic acids is 1. The topological polar surface area (TPSA) is 17.1 Å². The summed E-state index contributed by atoms with van der Waals surface area (Å²) in [5.41, 5.74) is 2.29. The van der Waals surface area contributed by atoms with Gasteiger partial charge >= 0.3 is 0 Å². The molecule has 3 fully saturated rings. The zero-order chi connectivity index (χ0) is 18.7. The number of rotatable bonds is 2. The molecule has 0 aromatic carbocycles. The fourth-order valence-electron chi connectivity index (χ4n) is 7.78. The van der Waals surface area contributed by atoms with Crippen LogP contribution in [0.15, 0.2) is 21.1 Å². The second-order valence-corrected chi connectivity index (χ2v) is 12.8. The number of carbonyl (C=O) groups is 1. The van der Waals surface area contributed by atoms with Gasteiger partial charge in [0.05, 0.1) is 3.39 Å². The molecule has 4 rings (SSSR count). The highest BCUT2D eigenvalue weighted by Crippen LogP contribution is 2.67. The average Bonchev–Trinajstić information content (AvgIpc) is 2.92. The summed E-state index contributed by atoms with van der Waals surface area (Å²) in [5, 5.41) is 0. The van der Waals surface area contributed by atoms with Gasteiger partial charge in [0.2, 0.25) is 0 Å². The van der Waals surface area contributed by atoms with Crippen LogP contribution in [-0.2, 0) is 4.79 Å². The first-order chi connectivity index (χ1) is 12.3. The highest BCUT2D eigenvalue weighted by molar-refractivity contribution is 9.28. The van der Waals surface area contributed by atoms with Crippen LogP contribution in [0.2, 0.25) is 0 Å². The van der Waals surface area contributed by atoms with Crippen molar-refractivity contribution in [3.05, 3.63) is 21.1 Å². The molecule has 0 aliphatic heterocycles. The van der Waals surface area contributed by atoms with Gasteiger partial charge in [0.15, 0.2) is 5.78 Å². The number of ketones is 1. The van der Waals surface area contributed by atoms with Crippen molar-refractivity contribution in [1.82, 2.24) is 0 Å². The molecule has 0 spiro atoms. The van der Waals surface area contributed by atoms with Crippen molar-refractivity contribution in [2.75, 3.05) is 0 Å². The lowest BCUT2D eigenvalue weighted by molar-refractivity contribution is -0.117. The SMILES string of the molecule is C[C@H](C=C(Br)Br)[C@H]1CC[C@H]2[C@@H]3CCC4=CC(=O)CC[C@]4(C)[C@H]3CC[C@]12C. The van der Waals surface area contributed by atoms with Crippen molar-refractivity contribution in [3.8, 4) is 0 Å². The van der Waals surface area contributed by atoms with Crippen LogP contribution in [0.4, 0.5) is 0 Å². The molecule has 4 aliphatic carbocycles. The van der Waals surface area contributed by atoms with E-state index in [0.717, 1.165) is 39.9 Å². The van der Waals surface area contributed by atoms with Crippen molar-refractivity contribution in [2.45, 2.75) is 72.1 Å². The average molecular weight is 484 g/mol. The molecule has 0 unspecified atom stereocenters. The third kappa shape index (κ3) is 2.95. The van der Waals surface area contributed by atoms with E-state index in [-0.39, 0.29) is 0 Å². The van der Waals surface area contributed by atoms with Crippen LogP contribution in [0.25, 0.3) is 0 Å². The molecule has 3 heteroatoms. The van der Waals surface area contributed by atoms with Crippen molar-refractivity contribution in [2.24, 2.45) is 40.4 Å². The van der Waals surface area contributed by atoms with Crippen molar-refractivity contribution >= 4 is 37.6 Å². The Bertz CT molecular complexity index is 661. The molecule has 3 saturated carbocycles. The predicted molar refractivity (Wildman–Crippen MR) is 115 cm³/mol. The van der Waals surface area contributed by atoms with E-state index in [1.807, 2.05) is 6.08 Å². The van der Waals surface area contributed by atoms with Crippen LogP contribution < -0.4 is 0 Å². The molecule has 0 heterocycles. The lowest BCUT2D eigenvalue weighted by Gasteiger charge is -2.58. The van der Waals surface area contributed by atoms with Gasteiger partial charge in [0, 0.05) is 6.42 Å². The minimum atomic E-state index is 0.306. The van der Waals surface area contributed by atoms with Gasteiger partial charge in [0.25, 0.3) is 0 Å². The van der Waals surface area contributed by atoms with Gasteiger partial charge in [-0.05, 0) is 123 Å². The molecule has 1 nitrogen and oxygen atoms in total. The Morgan fingerprint density at radius 1 is 1.12 bits per heavy atom. The van der Waals surface area contributed by atoms with Crippen LogP contribution >= 0.6 is 31.9 Å². The van der Waals surface area contributed by atoms with Gasteiger partial charge in [0.1, 0.15) is 0 Å². The normalized spacial score (nSPS) is 45.9. The maximum Gasteiger partial charge on any atom is 0.155 e. The van der Waals surface area contributed by atoms with Gasteiger partial charge in [-0.25, -0.2) is 0 Å². The summed E-state index contributed by atoms with van der Waals surface area (Å²) in [6, 6.07) is 0. The number of halogens is 2. The van der Waals surface area contributed by atoms with Gasteiger partial charge in [-0.1, -0.05) is 32.4 Å². The Hall–Kier alpha value is 0.110. The third-order valence-corrected chi connectivity index (χ3v) is 9.59. The lowest BCUT2D eigenvalue weighted by Crippen LogP contribution is -2.50. The number of hydrogen-bond donors (Lipinski definition) is 0. The summed E-state index contributed by atoms with van der Waals surface area (Å²) in [5.74, 6) is 4.36. The van der Waals surface area contributed by atoms with Gasteiger partial charge < -0.3 is 0 Å². The Morgan fingerprint density at radius 2 is 1.88 bits per heavy atom. The van der Waals surface area contributed by atoms with E-state index >= 15 is 0 Å². The summed E-state index contributed by atoms with van der Waals surface area (Å²) >= 11 is 7.15. The van der Waals surface area contributed by atoms with Gasteiger partial charge in [-0.15, -0.1) is 0 Å². The number of fused-ring (bicyclic) bond motifs is 5. The van der Waals surface area contributed by atoms with E-state index in [4.69, 9.17) is 0 Å².